The quantitative estimate of drug-likeness (QED) is 0.783. The molecule has 0 amide bonds. The maximum atomic E-state index is 6.17. The van der Waals surface area contributed by atoms with E-state index in [1.165, 1.54) is 24.0 Å². The van der Waals surface area contributed by atoms with Crippen LogP contribution in [0.25, 0.3) is 0 Å². The summed E-state index contributed by atoms with van der Waals surface area (Å²) >= 11 is 6.17. The van der Waals surface area contributed by atoms with Crippen molar-refractivity contribution in [3.63, 3.8) is 0 Å². The Morgan fingerprint density at radius 3 is 3.00 bits per heavy atom. The molecule has 0 spiro atoms. The van der Waals surface area contributed by atoms with E-state index in [9.17, 15) is 0 Å². The third-order valence-corrected chi connectivity index (χ3v) is 4.40. The molecule has 1 aromatic carbocycles. The first kappa shape index (κ1) is 14.2. The van der Waals surface area contributed by atoms with Crippen molar-refractivity contribution in [1.82, 2.24) is 10.2 Å². The van der Waals surface area contributed by atoms with Gasteiger partial charge in [0.15, 0.2) is 0 Å². The number of rotatable bonds is 7. The summed E-state index contributed by atoms with van der Waals surface area (Å²) in [7, 11) is 0. The van der Waals surface area contributed by atoms with Crippen LogP contribution in [0, 0.1) is 0 Å². The zero-order valence-corrected chi connectivity index (χ0v) is 12.9. The molecule has 1 aliphatic carbocycles. The molecule has 1 saturated carbocycles. The van der Waals surface area contributed by atoms with Gasteiger partial charge in [-0.15, -0.1) is 0 Å². The lowest BCUT2D eigenvalue weighted by Crippen LogP contribution is -2.33. The van der Waals surface area contributed by atoms with Crippen LogP contribution in [0.1, 0.15) is 30.9 Å². The second-order valence-corrected chi connectivity index (χ2v) is 6.12. The van der Waals surface area contributed by atoms with Gasteiger partial charge in [0, 0.05) is 42.7 Å². The van der Waals surface area contributed by atoms with Gasteiger partial charge in [-0.2, -0.15) is 0 Å². The Morgan fingerprint density at radius 1 is 1.40 bits per heavy atom. The van der Waals surface area contributed by atoms with Crippen LogP contribution in [-0.2, 0) is 13.0 Å². The van der Waals surface area contributed by atoms with Crippen molar-refractivity contribution < 1.29 is 4.74 Å². The predicted molar refractivity (Wildman–Crippen MR) is 82.6 cm³/mol. The van der Waals surface area contributed by atoms with E-state index >= 15 is 0 Å². The number of hydrogen-bond acceptors (Lipinski definition) is 3. The number of hydrogen-bond donors (Lipinski definition) is 1. The normalized spacial score (nSPS) is 17.4. The van der Waals surface area contributed by atoms with Gasteiger partial charge in [0.2, 0.25) is 0 Å². The van der Waals surface area contributed by atoms with Crippen LogP contribution in [0.15, 0.2) is 12.1 Å². The van der Waals surface area contributed by atoms with E-state index in [1.54, 1.807) is 0 Å². The third kappa shape index (κ3) is 3.27. The van der Waals surface area contributed by atoms with E-state index in [0.29, 0.717) is 0 Å². The molecule has 20 heavy (non-hydrogen) atoms. The van der Waals surface area contributed by atoms with E-state index in [4.69, 9.17) is 16.3 Å². The summed E-state index contributed by atoms with van der Waals surface area (Å²) in [6.45, 7) is 7.17. The zero-order valence-electron chi connectivity index (χ0n) is 12.1. The molecule has 3 rings (SSSR count). The summed E-state index contributed by atoms with van der Waals surface area (Å²) in [6.07, 6.45) is 3.74. The molecule has 1 fully saturated rings. The van der Waals surface area contributed by atoms with Crippen molar-refractivity contribution in [1.29, 1.82) is 0 Å². The molecule has 1 N–H and O–H groups in total. The maximum Gasteiger partial charge on any atom is 0.127 e. The summed E-state index contributed by atoms with van der Waals surface area (Å²) in [5.74, 6) is 1.05. The van der Waals surface area contributed by atoms with Crippen molar-refractivity contribution >= 4 is 11.6 Å². The number of benzene rings is 1. The summed E-state index contributed by atoms with van der Waals surface area (Å²) < 4.78 is 5.72. The van der Waals surface area contributed by atoms with E-state index in [2.05, 4.69) is 17.1 Å². The predicted octanol–water partition coefficient (Wildman–Crippen LogP) is 2.85. The van der Waals surface area contributed by atoms with Gasteiger partial charge < -0.3 is 10.1 Å². The highest BCUT2D eigenvalue weighted by atomic mass is 35.5. The summed E-state index contributed by atoms with van der Waals surface area (Å²) in [5, 5.41) is 4.34. The molecule has 1 aliphatic heterocycles. The van der Waals surface area contributed by atoms with Gasteiger partial charge >= 0.3 is 0 Å². The first-order chi connectivity index (χ1) is 9.78. The molecule has 3 nitrogen and oxygen atoms in total. The number of nitrogens with zero attached hydrogens (tertiary/aromatic N) is 1. The molecular formula is C16H23ClN2O. The molecule has 0 unspecified atom stereocenters. The van der Waals surface area contributed by atoms with Crippen molar-refractivity contribution in [3.8, 4) is 5.75 Å². The highest BCUT2D eigenvalue weighted by molar-refractivity contribution is 6.30. The molecule has 0 saturated heterocycles. The average molecular weight is 295 g/mol. The van der Waals surface area contributed by atoms with Crippen LogP contribution in [0.2, 0.25) is 5.02 Å². The lowest BCUT2D eigenvalue weighted by Gasteiger charge is -2.20. The third-order valence-electron chi connectivity index (χ3n) is 4.19. The molecule has 4 heteroatoms. The number of ether oxygens (including phenoxy) is 1. The minimum absolute atomic E-state index is 0.786. The fourth-order valence-electron chi connectivity index (χ4n) is 2.96. The van der Waals surface area contributed by atoms with Crippen LogP contribution in [0.5, 0.6) is 5.75 Å². The second-order valence-electron chi connectivity index (χ2n) is 5.69. The fraction of sp³-hybridized carbons (Fsp3) is 0.625. The minimum Gasteiger partial charge on any atom is -0.493 e. The first-order valence-corrected chi connectivity index (χ1v) is 8.04. The standard InChI is InChI=1S/C16H23ClN2O/c1-2-19(15-3-4-15)7-6-18-11-13-10-14(17)9-12-5-8-20-16(12)13/h9-10,15,18H,2-8,11H2,1H3. The number of likely N-dealkylation sites (N-methyl/N-ethyl adjacent to an activating group) is 1. The average Bonchev–Trinajstić information content (AvgIpc) is 3.16. The number of nitrogens with one attached hydrogen (secondary N) is 1. The van der Waals surface area contributed by atoms with Crippen molar-refractivity contribution in [2.45, 2.75) is 38.8 Å². The summed E-state index contributed by atoms with van der Waals surface area (Å²) in [6, 6.07) is 4.90. The Balaban J connectivity index is 1.51. The topological polar surface area (TPSA) is 24.5 Å². The number of halogens is 1. The Bertz CT molecular complexity index is 474. The summed E-state index contributed by atoms with van der Waals surface area (Å²) in [4.78, 5) is 2.56. The lowest BCUT2D eigenvalue weighted by molar-refractivity contribution is 0.276. The van der Waals surface area contributed by atoms with Crippen LogP contribution in [-0.4, -0.2) is 37.2 Å². The van der Waals surface area contributed by atoms with Crippen LogP contribution in [0.4, 0.5) is 0 Å². The van der Waals surface area contributed by atoms with E-state index < -0.39 is 0 Å². The van der Waals surface area contributed by atoms with Gasteiger partial charge in [-0.1, -0.05) is 18.5 Å². The highest BCUT2D eigenvalue weighted by Gasteiger charge is 2.27. The monoisotopic (exact) mass is 294 g/mol. The number of fused-ring (bicyclic) bond motifs is 1. The van der Waals surface area contributed by atoms with Gasteiger partial charge in [0.25, 0.3) is 0 Å². The Hall–Kier alpha value is -0.770. The molecular weight excluding hydrogens is 272 g/mol. The van der Waals surface area contributed by atoms with E-state index in [1.807, 2.05) is 12.1 Å². The van der Waals surface area contributed by atoms with Crippen LogP contribution >= 0.6 is 11.6 Å². The Morgan fingerprint density at radius 2 is 2.25 bits per heavy atom. The van der Waals surface area contributed by atoms with Crippen molar-refractivity contribution in [3.05, 3.63) is 28.3 Å². The fourth-order valence-corrected chi connectivity index (χ4v) is 3.23. The maximum absolute atomic E-state index is 6.17. The van der Waals surface area contributed by atoms with Crippen molar-refractivity contribution in [2.24, 2.45) is 0 Å². The summed E-state index contributed by atoms with van der Waals surface area (Å²) in [5.41, 5.74) is 2.45. The SMILES string of the molecule is CCN(CCNCc1cc(Cl)cc2c1OCC2)C1CC1. The van der Waals surface area contributed by atoms with Gasteiger partial charge in [0.1, 0.15) is 5.75 Å². The van der Waals surface area contributed by atoms with Gasteiger partial charge in [-0.3, -0.25) is 4.90 Å². The molecule has 0 aromatic heterocycles. The molecule has 1 aromatic rings. The van der Waals surface area contributed by atoms with Crippen LogP contribution in [0.3, 0.4) is 0 Å². The minimum atomic E-state index is 0.786. The molecule has 0 atom stereocenters. The van der Waals surface area contributed by atoms with Crippen molar-refractivity contribution in [2.75, 3.05) is 26.2 Å². The molecule has 1 heterocycles. The van der Waals surface area contributed by atoms with E-state index in [0.717, 1.165) is 56.0 Å². The van der Waals surface area contributed by atoms with Crippen LogP contribution < -0.4 is 10.1 Å². The Kier molecular flexibility index (Phi) is 4.49. The highest BCUT2D eigenvalue weighted by Crippen LogP contribution is 2.32. The molecule has 0 bridgehead atoms. The van der Waals surface area contributed by atoms with Gasteiger partial charge in [-0.05, 0) is 37.1 Å². The first-order valence-electron chi connectivity index (χ1n) is 7.66. The Labute approximate surface area is 126 Å². The zero-order chi connectivity index (χ0) is 13.9. The molecule has 110 valence electrons. The van der Waals surface area contributed by atoms with Gasteiger partial charge in [-0.25, -0.2) is 0 Å². The van der Waals surface area contributed by atoms with Gasteiger partial charge in [0.05, 0.1) is 6.61 Å². The largest absolute Gasteiger partial charge is 0.493 e. The molecule has 0 radical (unpaired) electrons. The molecule has 2 aliphatic rings. The van der Waals surface area contributed by atoms with E-state index in [-0.39, 0.29) is 0 Å². The smallest absolute Gasteiger partial charge is 0.127 e. The lowest BCUT2D eigenvalue weighted by atomic mass is 10.1. The second kappa shape index (κ2) is 6.33.